The first kappa shape index (κ1) is 14.5. The molecule has 0 amide bonds. The van der Waals surface area contributed by atoms with Crippen molar-refractivity contribution in [2.24, 2.45) is 0 Å². The smallest absolute Gasteiger partial charge is 0.115 e. The molecule has 0 aliphatic carbocycles. The lowest BCUT2D eigenvalue weighted by Crippen LogP contribution is -2.23. The van der Waals surface area contributed by atoms with E-state index in [1.54, 1.807) is 12.1 Å². The quantitative estimate of drug-likeness (QED) is 0.648. The van der Waals surface area contributed by atoms with Crippen molar-refractivity contribution in [1.82, 2.24) is 5.32 Å². The van der Waals surface area contributed by atoms with Crippen molar-refractivity contribution in [3.63, 3.8) is 0 Å². The van der Waals surface area contributed by atoms with E-state index < -0.39 is 0 Å². The summed E-state index contributed by atoms with van der Waals surface area (Å²) in [5.74, 6) is 2.88. The van der Waals surface area contributed by atoms with Crippen LogP contribution in [0.15, 0.2) is 48.5 Å². The topological polar surface area (TPSA) is 32.3 Å². The van der Waals surface area contributed by atoms with Crippen LogP contribution < -0.4 is 5.32 Å². The van der Waals surface area contributed by atoms with Gasteiger partial charge in [0, 0.05) is 18.0 Å². The molecule has 0 heterocycles. The molecule has 1 unspecified atom stereocenters. The Morgan fingerprint density at radius 2 is 1.60 bits per heavy atom. The van der Waals surface area contributed by atoms with E-state index in [9.17, 15) is 5.11 Å². The fraction of sp³-hybridized carbons (Fsp3) is 0.176. The zero-order valence-electron chi connectivity index (χ0n) is 11.0. The van der Waals surface area contributed by atoms with Crippen LogP contribution >= 0.6 is 11.6 Å². The first-order chi connectivity index (χ1) is 9.70. The van der Waals surface area contributed by atoms with E-state index in [-0.39, 0.29) is 11.8 Å². The fourth-order valence-electron chi connectivity index (χ4n) is 2.04. The molecule has 0 aliphatic heterocycles. The highest BCUT2D eigenvalue weighted by molar-refractivity contribution is 6.30. The average Bonchev–Trinajstić information content (AvgIpc) is 2.46. The molecule has 0 spiro atoms. The summed E-state index contributed by atoms with van der Waals surface area (Å²) in [6.07, 6.45) is 5.96. The van der Waals surface area contributed by atoms with Gasteiger partial charge in [0.1, 0.15) is 5.75 Å². The zero-order chi connectivity index (χ0) is 14.4. The van der Waals surface area contributed by atoms with E-state index in [0.717, 1.165) is 17.7 Å². The standard InChI is InChI=1S/C17H16ClNO/c1-2-3-12-19-17(13-4-8-15(18)9-5-13)14-6-10-16(20)11-7-14/h1,4-11,17,19-20H,3,12H2. The van der Waals surface area contributed by atoms with E-state index in [1.807, 2.05) is 36.4 Å². The van der Waals surface area contributed by atoms with Crippen LogP contribution in [0.2, 0.25) is 5.02 Å². The second kappa shape index (κ2) is 7.00. The van der Waals surface area contributed by atoms with Crippen LogP contribution in [0, 0.1) is 12.3 Å². The first-order valence-corrected chi connectivity index (χ1v) is 6.80. The molecule has 2 aromatic rings. The molecule has 0 fully saturated rings. The van der Waals surface area contributed by atoms with Gasteiger partial charge in [0.25, 0.3) is 0 Å². The van der Waals surface area contributed by atoms with Gasteiger partial charge in [-0.25, -0.2) is 0 Å². The number of halogens is 1. The molecule has 0 saturated carbocycles. The number of aromatic hydroxyl groups is 1. The van der Waals surface area contributed by atoms with Gasteiger partial charge in [-0.3, -0.25) is 0 Å². The summed E-state index contributed by atoms with van der Waals surface area (Å²) in [7, 11) is 0. The molecule has 2 aromatic carbocycles. The van der Waals surface area contributed by atoms with Gasteiger partial charge in [0.05, 0.1) is 6.04 Å². The van der Waals surface area contributed by atoms with Crippen molar-refractivity contribution in [3.05, 3.63) is 64.7 Å². The van der Waals surface area contributed by atoms with Gasteiger partial charge in [0.15, 0.2) is 0 Å². The van der Waals surface area contributed by atoms with Crippen molar-refractivity contribution < 1.29 is 5.11 Å². The highest BCUT2D eigenvalue weighted by Gasteiger charge is 2.13. The minimum Gasteiger partial charge on any atom is -0.508 e. The molecule has 2 N–H and O–H groups in total. The highest BCUT2D eigenvalue weighted by Crippen LogP contribution is 2.25. The third-order valence-corrected chi connectivity index (χ3v) is 3.30. The maximum absolute atomic E-state index is 9.40. The summed E-state index contributed by atoms with van der Waals surface area (Å²) in [6.45, 7) is 0.727. The molecular formula is C17H16ClNO. The predicted molar refractivity (Wildman–Crippen MR) is 82.9 cm³/mol. The summed E-state index contributed by atoms with van der Waals surface area (Å²) < 4.78 is 0. The Morgan fingerprint density at radius 3 is 2.15 bits per heavy atom. The van der Waals surface area contributed by atoms with Crippen molar-refractivity contribution in [3.8, 4) is 18.1 Å². The van der Waals surface area contributed by atoms with Crippen LogP contribution in [-0.2, 0) is 0 Å². The molecule has 102 valence electrons. The molecule has 1 atom stereocenters. The maximum Gasteiger partial charge on any atom is 0.115 e. The summed E-state index contributed by atoms with van der Waals surface area (Å²) in [4.78, 5) is 0. The van der Waals surface area contributed by atoms with Gasteiger partial charge in [-0.05, 0) is 35.4 Å². The molecule has 2 rings (SSSR count). The van der Waals surface area contributed by atoms with Gasteiger partial charge in [-0.1, -0.05) is 35.9 Å². The van der Waals surface area contributed by atoms with E-state index in [0.29, 0.717) is 11.4 Å². The van der Waals surface area contributed by atoms with E-state index >= 15 is 0 Å². The van der Waals surface area contributed by atoms with Crippen molar-refractivity contribution in [1.29, 1.82) is 0 Å². The highest BCUT2D eigenvalue weighted by atomic mass is 35.5. The Kier molecular flexibility index (Phi) is 5.06. The largest absolute Gasteiger partial charge is 0.508 e. The third kappa shape index (κ3) is 3.77. The summed E-state index contributed by atoms with van der Waals surface area (Å²) in [5, 5.41) is 13.5. The second-order valence-corrected chi connectivity index (χ2v) is 4.92. The van der Waals surface area contributed by atoms with Crippen molar-refractivity contribution in [2.75, 3.05) is 6.54 Å². The van der Waals surface area contributed by atoms with Gasteiger partial charge >= 0.3 is 0 Å². The minimum atomic E-state index is 0.0289. The van der Waals surface area contributed by atoms with Crippen LogP contribution in [-0.4, -0.2) is 11.7 Å². The Bertz CT molecular complexity index is 538. The van der Waals surface area contributed by atoms with Crippen LogP contribution in [0.4, 0.5) is 0 Å². The lowest BCUT2D eigenvalue weighted by Gasteiger charge is -2.19. The Balaban J connectivity index is 2.26. The SMILES string of the molecule is C#CCCNC(c1ccc(O)cc1)c1ccc(Cl)cc1. The van der Waals surface area contributed by atoms with Gasteiger partial charge in [-0.2, -0.15) is 0 Å². The van der Waals surface area contributed by atoms with Crippen LogP contribution in [0.3, 0.4) is 0 Å². The van der Waals surface area contributed by atoms with Gasteiger partial charge < -0.3 is 10.4 Å². The van der Waals surface area contributed by atoms with E-state index in [1.165, 1.54) is 0 Å². The zero-order valence-corrected chi connectivity index (χ0v) is 11.8. The molecule has 0 aliphatic rings. The summed E-state index contributed by atoms with van der Waals surface area (Å²) >= 11 is 5.93. The van der Waals surface area contributed by atoms with Crippen LogP contribution in [0.5, 0.6) is 5.75 Å². The lowest BCUT2D eigenvalue weighted by molar-refractivity contribution is 0.474. The lowest BCUT2D eigenvalue weighted by atomic mass is 9.98. The van der Waals surface area contributed by atoms with Gasteiger partial charge in [0.2, 0.25) is 0 Å². The number of nitrogens with one attached hydrogen (secondary N) is 1. The number of phenolic OH excluding ortho intramolecular Hbond substituents is 1. The molecular weight excluding hydrogens is 270 g/mol. The molecule has 0 radical (unpaired) electrons. The van der Waals surface area contributed by atoms with Gasteiger partial charge in [-0.15, -0.1) is 12.3 Å². The number of rotatable bonds is 5. The molecule has 0 saturated heterocycles. The number of hydrogen-bond donors (Lipinski definition) is 2. The number of hydrogen-bond acceptors (Lipinski definition) is 2. The Hall–Kier alpha value is -1.95. The summed E-state index contributed by atoms with van der Waals surface area (Å²) in [5.41, 5.74) is 2.18. The predicted octanol–water partition coefficient (Wildman–Crippen LogP) is 3.75. The molecule has 2 nitrogen and oxygen atoms in total. The normalized spacial score (nSPS) is 11.8. The monoisotopic (exact) mass is 285 g/mol. The summed E-state index contributed by atoms with van der Waals surface area (Å²) in [6, 6.07) is 14.9. The van der Waals surface area contributed by atoms with Crippen molar-refractivity contribution in [2.45, 2.75) is 12.5 Å². The number of phenols is 1. The fourth-order valence-corrected chi connectivity index (χ4v) is 2.16. The number of terminal acetylenes is 1. The second-order valence-electron chi connectivity index (χ2n) is 4.48. The third-order valence-electron chi connectivity index (χ3n) is 3.05. The van der Waals surface area contributed by atoms with Crippen LogP contribution in [0.25, 0.3) is 0 Å². The molecule has 20 heavy (non-hydrogen) atoms. The van der Waals surface area contributed by atoms with E-state index in [4.69, 9.17) is 18.0 Å². The first-order valence-electron chi connectivity index (χ1n) is 6.42. The molecule has 0 aromatic heterocycles. The van der Waals surface area contributed by atoms with E-state index in [2.05, 4.69) is 11.2 Å². The maximum atomic E-state index is 9.40. The van der Waals surface area contributed by atoms with Crippen molar-refractivity contribution >= 4 is 11.6 Å². The average molecular weight is 286 g/mol. The Labute approximate surface area is 124 Å². The number of benzene rings is 2. The minimum absolute atomic E-state index is 0.0289. The molecule has 0 bridgehead atoms. The molecule has 3 heteroatoms. The van der Waals surface area contributed by atoms with Crippen LogP contribution in [0.1, 0.15) is 23.6 Å². The Morgan fingerprint density at radius 1 is 1.05 bits per heavy atom.